The largest absolute Gasteiger partial charge is 0.391 e. The zero-order valence-corrected chi connectivity index (χ0v) is 11.8. The molecule has 6 heteroatoms. The Bertz CT molecular complexity index is 342. The molecule has 116 valence electrons. The van der Waals surface area contributed by atoms with Crippen molar-refractivity contribution in [3.63, 3.8) is 0 Å². The van der Waals surface area contributed by atoms with E-state index in [1.165, 1.54) is 0 Å². The number of ether oxygens (including phenoxy) is 1. The third-order valence-corrected chi connectivity index (χ3v) is 3.40. The van der Waals surface area contributed by atoms with E-state index in [1.807, 2.05) is 6.92 Å². The second-order valence-electron chi connectivity index (χ2n) is 5.40. The van der Waals surface area contributed by atoms with Gasteiger partial charge in [-0.15, -0.1) is 0 Å². The number of amides is 1. The molecule has 0 aromatic carbocycles. The summed E-state index contributed by atoms with van der Waals surface area (Å²) in [7, 11) is 0. The fourth-order valence-electron chi connectivity index (χ4n) is 2.36. The first kappa shape index (κ1) is 17.0. The van der Waals surface area contributed by atoms with Crippen LogP contribution in [0.15, 0.2) is 12.2 Å². The van der Waals surface area contributed by atoms with Crippen molar-refractivity contribution in [2.45, 2.75) is 38.8 Å². The second-order valence-corrected chi connectivity index (χ2v) is 5.40. The van der Waals surface area contributed by atoms with Gasteiger partial charge in [0.05, 0.1) is 19.1 Å². The van der Waals surface area contributed by atoms with Crippen molar-refractivity contribution in [3.8, 4) is 0 Å². The van der Waals surface area contributed by atoms with Crippen LogP contribution < -0.4 is 5.32 Å². The number of alkyl halides is 3. The summed E-state index contributed by atoms with van der Waals surface area (Å²) in [6.45, 7) is 6.59. The zero-order valence-electron chi connectivity index (χ0n) is 11.8. The highest BCUT2D eigenvalue weighted by molar-refractivity contribution is 5.78. The van der Waals surface area contributed by atoms with Crippen LogP contribution in [0.4, 0.5) is 13.2 Å². The van der Waals surface area contributed by atoms with E-state index in [4.69, 9.17) is 4.74 Å². The predicted octanol–water partition coefficient (Wildman–Crippen LogP) is 3.06. The summed E-state index contributed by atoms with van der Waals surface area (Å²) in [4.78, 5) is 11.8. The molecule has 1 N–H and O–H groups in total. The van der Waals surface area contributed by atoms with Gasteiger partial charge in [0.25, 0.3) is 0 Å². The fourth-order valence-corrected chi connectivity index (χ4v) is 2.36. The van der Waals surface area contributed by atoms with E-state index in [9.17, 15) is 18.0 Å². The predicted molar refractivity (Wildman–Crippen MR) is 70.1 cm³/mol. The molecule has 2 unspecified atom stereocenters. The summed E-state index contributed by atoms with van der Waals surface area (Å²) in [6, 6.07) is 0. The van der Waals surface area contributed by atoms with Crippen molar-refractivity contribution in [2.75, 3.05) is 19.8 Å². The molecule has 3 nitrogen and oxygen atoms in total. The van der Waals surface area contributed by atoms with Gasteiger partial charge in [-0.25, -0.2) is 0 Å². The number of rotatable bonds is 6. The fraction of sp³-hybridized carbons (Fsp3) is 0.786. The van der Waals surface area contributed by atoms with Crippen molar-refractivity contribution >= 4 is 5.91 Å². The Morgan fingerprint density at radius 3 is 2.70 bits per heavy atom. The van der Waals surface area contributed by atoms with E-state index in [2.05, 4.69) is 11.9 Å². The lowest BCUT2D eigenvalue weighted by Gasteiger charge is -2.29. The molecule has 0 saturated heterocycles. The SMILES string of the molecule is C=C(C)COCCNC(=O)C1CCCC(C(F)(F)F)C1. The van der Waals surface area contributed by atoms with Gasteiger partial charge in [0, 0.05) is 12.5 Å². The molecule has 0 aromatic heterocycles. The molecule has 0 heterocycles. The molecule has 0 radical (unpaired) electrons. The highest BCUT2D eigenvalue weighted by Gasteiger charge is 2.43. The minimum absolute atomic E-state index is 0.0953. The van der Waals surface area contributed by atoms with Crippen molar-refractivity contribution in [1.29, 1.82) is 0 Å². The van der Waals surface area contributed by atoms with Gasteiger partial charge >= 0.3 is 6.18 Å². The molecule has 1 fully saturated rings. The monoisotopic (exact) mass is 293 g/mol. The zero-order chi connectivity index (χ0) is 15.2. The van der Waals surface area contributed by atoms with Gasteiger partial charge < -0.3 is 10.1 Å². The van der Waals surface area contributed by atoms with E-state index >= 15 is 0 Å². The normalized spacial score (nSPS) is 23.4. The highest BCUT2D eigenvalue weighted by atomic mass is 19.4. The van der Waals surface area contributed by atoms with Crippen LogP contribution in [0.2, 0.25) is 0 Å². The lowest BCUT2D eigenvalue weighted by molar-refractivity contribution is -0.186. The standard InChI is InChI=1S/C14H22F3NO2/c1-10(2)9-20-7-6-18-13(19)11-4-3-5-12(8-11)14(15,16)17/h11-12H,1,3-9H2,2H3,(H,18,19). The Morgan fingerprint density at radius 2 is 2.10 bits per heavy atom. The van der Waals surface area contributed by atoms with E-state index in [1.54, 1.807) is 0 Å². The van der Waals surface area contributed by atoms with Crippen LogP contribution in [0.1, 0.15) is 32.6 Å². The summed E-state index contributed by atoms with van der Waals surface area (Å²) in [5.41, 5.74) is 0.886. The van der Waals surface area contributed by atoms with E-state index in [0.717, 1.165) is 5.57 Å². The molecular formula is C14H22F3NO2. The van der Waals surface area contributed by atoms with Crippen LogP contribution in [0, 0.1) is 11.8 Å². The molecule has 1 rings (SSSR count). The molecule has 1 aliphatic carbocycles. The van der Waals surface area contributed by atoms with Crippen LogP contribution in [0.5, 0.6) is 0 Å². The quantitative estimate of drug-likeness (QED) is 0.604. The number of nitrogens with one attached hydrogen (secondary N) is 1. The van der Waals surface area contributed by atoms with Gasteiger partial charge in [-0.1, -0.05) is 18.6 Å². The van der Waals surface area contributed by atoms with Gasteiger partial charge in [-0.05, 0) is 26.2 Å². The molecular weight excluding hydrogens is 271 g/mol. The van der Waals surface area contributed by atoms with Crippen LogP contribution >= 0.6 is 0 Å². The molecule has 0 aliphatic heterocycles. The topological polar surface area (TPSA) is 38.3 Å². The summed E-state index contributed by atoms with van der Waals surface area (Å²) < 4.78 is 43.2. The maximum absolute atomic E-state index is 12.6. The van der Waals surface area contributed by atoms with Gasteiger partial charge in [0.2, 0.25) is 5.91 Å². The van der Waals surface area contributed by atoms with Gasteiger partial charge in [0.1, 0.15) is 0 Å². The first-order valence-corrected chi connectivity index (χ1v) is 6.87. The number of halogens is 3. The minimum atomic E-state index is -4.19. The molecule has 1 aliphatic rings. The summed E-state index contributed by atoms with van der Waals surface area (Å²) in [6.07, 6.45) is -3.17. The Hall–Kier alpha value is -1.04. The highest BCUT2D eigenvalue weighted by Crippen LogP contribution is 2.39. The second kappa shape index (κ2) is 7.67. The lowest BCUT2D eigenvalue weighted by Crippen LogP contribution is -2.38. The van der Waals surface area contributed by atoms with Gasteiger partial charge in [-0.2, -0.15) is 13.2 Å². The molecule has 2 atom stereocenters. The Balaban J connectivity index is 2.27. The Kier molecular flexibility index (Phi) is 6.52. The number of hydrogen-bond acceptors (Lipinski definition) is 2. The Labute approximate surface area is 117 Å². The van der Waals surface area contributed by atoms with Crippen LogP contribution in [-0.2, 0) is 9.53 Å². The maximum atomic E-state index is 12.6. The first-order chi connectivity index (χ1) is 9.30. The van der Waals surface area contributed by atoms with Crippen LogP contribution in [0.25, 0.3) is 0 Å². The minimum Gasteiger partial charge on any atom is -0.375 e. The van der Waals surface area contributed by atoms with Gasteiger partial charge in [-0.3, -0.25) is 4.79 Å². The summed E-state index contributed by atoms with van der Waals surface area (Å²) in [5.74, 6) is -2.17. The molecule has 0 spiro atoms. The van der Waals surface area contributed by atoms with E-state index in [0.29, 0.717) is 32.6 Å². The number of carbonyl (C=O) groups is 1. The Morgan fingerprint density at radius 1 is 1.40 bits per heavy atom. The lowest BCUT2D eigenvalue weighted by atomic mass is 9.80. The summed E-state index contributed by atoms with van der Waals surface area (Å²) in [5, 5.41) is 2.64. The molecule has 1 amide bonds. The first-order valence-electron chi connectivity index (χ1n) is 6.87. The molecule has 0 aromatic rings. The van der Waals surface area contributed by atoms with Crippen molar-refractivity contribution in [2.24, 2.45) is 11.8 Å². The third-order valence-electron chi connectivity index (χ3n) is 3.40. The van der Waals surface area contributed by atoms with E-state index in [-0.39, 0.29) is 18.7 Å². The van der Waals surface area contributed by atoms with Crippen molar-refractivity contribution < 1.29 is 22.7 Å². The number of hydrogen-bond donors (Lipinski definition) is 1. The molecule has 20 heavy (non-hydrogen) atoms. The van der Waals surface area contributed by atoms with E-state index < -0.39 is 18.0 Å². The molecule has 0 bridgehead atoms. The smallest absolute Gasteiger partial charge is 0.375 e. The average molecular weight is 293 g/mol. The van der Waals surface area contributed by atoms with Crippen molar-refractivity contribution in [1.82, 2.24) is 5.32 Å². The van der Waals surface area contributed by atoms with Gasteiger partial charge in [0.15, 0.2) is 0 Å². The summed E-state index contributed by atoms with van der Waals surface area (Å²) >= 11 is 0. The number of carbonyl (C=O) groups excluding carboxylic acids is 1. The third kappa shape index (κ3) is 5.94. The molecule has 1 saturated carbocycles. The van der Waals surface area contributed by atoms with Crippen molar-refractivity contribution in [3.05, 3.63) is 12.2 Å². The van der Waals surface area contributed by atoms with Crippen LogP contribution in [0.3, 0.4) is 0 Å². The average Bonchev–Trinajstić information content (AvgIpc) is 2.37. The maximum Gasteiger partial charge on any atom is 0.391 e. The van der Waals surface area contributed by atoms with Crippen LogP contribution in [-0.4, -0.2) is 31.8 Å².